The fraction of sp³-hybridized carbons (Fsp3) is 0.333. The molecular formula is C36H47N5. The third-order valence-electron chi connectivity index (χ3n) is 6.88. The Kier molecular flexibility index (Phi) is 10.6. The summed E-state index contributed by atoms with van der Waals surface area (Å²) >= 11 is 0. The molecule has 5 heteroatoms. The molecule has 0 saturated carbocycles. The maximum Gasteiger partial charge on any atom is 0.0385 e. The number of rotatable bonds is 14. The molecule has 0 aliphatic carbocycles. The summed E-state index contributed by atoms with van der Waals surface area (Å²) in [5, 5.41) is 17.6. The van der Waals surface area contributed by atoms with Crippen LogP contribution in [0.25, 0.3) is 0 Å². The average Bonchev–Trinajstić information content (AvgIpc) is 2.92. The Labute approximate surface area is 247 Å². The summed E-state index contributed by atoms with van der Waals surface area (Å²) in [6.45, 7) is 13.5. The zero-order valence-corrected chi connectivity index (χ0v) is 25.5. The molecule has 5 nitrogen and oxygen atoms in total. The lowest BCUT2D eigenvalue weighted by Crippen LogP contribution is -2.17. The molecule has 0 saturated heterocycles. The molecule has 0 heterocycles. The van der Waals surface area contributed by atoms with Gasteiger partial charge in [-0.1, -0.05) is 27.7 Å². The van der Waals surface area contributed by atoms with E-state index in [1.807, 2.05) is 0 Å². The van der Waals surface area contributed by atoms with Crippen molar-refractivity contribution in [2.75, 3.05) is 26.6 Å². The van der Waals surface area contributed by atoms with E-state index < -0.39 is 0 Å². The van der Waals surface area contributed by atoms with E-state index in [1.165, 1.54) is 0 Å². The Hall–Kier alpha value is -4.12. The van der Waals surface area contributed by atoms with Gasteiger partial charge in [0.05, 0.1) is 0 Å². The van der Waals surface area contributed by atoms with Gasteiger partial charge in [0.2, 0.25) is 0 Å². The van der Waals surface area contributed by atoms with Crippen LogP contribution in [0.5, 0.6) is 0 Å². The molecule has 216 valence electrons. The van der Waals surface area contributed by atoms with Gasteiger partial charge in [-0.2, -0.15) is 0 Å². The quantitative estimate of drug-likeness (QED) is 0.108. The molecule has 0 aliphatic heterocycles. The first kappa shape index (κ1) is 29.9. The van der Waals surface area contributed by atoms with Gasteiger partial charge in [0.15, 0.2) is 0 Å². The third kappa shape index (κ3) is 10.1. The first-order valence-electron chi connectivity index (χ1n) is 15.0. The van der Waals surface area contributed by atoms with Gasteiger partial charge in [0.25, 0.3) is 0 Å². The van der Waals surface area contributed by atoms with Crippen LogP contribution in [0.2, 0.25) is 0 Å². The number of hydrogen-bond donors (Lipinski definition) is 5. The Bertz CT molecular complexity index is 1210. The van der Waals surface area contributed by atoms with Crippen molar-refractivity contribution in [3.8, 4) is 0 Å². The monoisotopic (exact) mass is 549 g/mol. The van der Waals surface area contributed by atoms with Crippen LogP contribution in [0.1, 0.15) is 54.4 Å². The lowest BCUT2D eigenvalue weighted by Gasteiger charge is -2.17. The van der Waals surface area contributed by atoms with Crippen LogP contribution in [0.4, 0.5) is 45.5 Å². The topological polar surface area (TPSA) is 60.1 Å². The summed E-state index contributed by atoms with van der Waals surface area (Å²) in [5.41, 5.74) is 8.65. The largest absolute Gasteiger partial charge is 0.383 e. The zero-order chi connectivity index (χ0) is 29.2. The minimum Gasteiger partial charge on any atom is -0.383 e. The fourth-order valence-corrected chi connectivity index (χ4v) is 5.17. The molecule has 0 bridgehead atoms. The molecule has 5 N–H and O–H groups in total. The third-order valence-corrected chi connectivity index (χ3v) is 6.88. The molecule has 2 unspecified atom stereocenters. The zero-order valence-electron chi connectivity index (χ0n) is 25.5. The van der Waals surface area contributed by atoms with Gasteiger partial charge < -0.3 is 26.6 Å². The maximum absolute atomic E-state index is 3.58. The van der Waals surface area contributed by atoms with Crippen LogP contribution in [-0.2, 0) is 0 Å². The first-order valence-corrected chi connectivity index (χ1v) is 15.0. The normalized spacial score (nSPS) is 12.6. The van der Waals surface area contributed by atoms with Crippen LogP contribution in [-0.4, -0.2) is 12.1 Å². The Morgan fingerprint density at radius 1 is 0.341 bits per heavy atom. The van der Waals surface area contributed by atoms with Crippen LogP contribution < -0.4 is 26.6 Å². The smallest absolute Gasteiger partial charge is 0.0385 e. The Morgan fingerprint density at radius 2 is 0.537 bits per heavy atom. The minimum atomic E-state index is 0.463. The summed E-state index contributed by atoms with van der Waals surface area (Å²) in [6.07, 6.45) is 2.32. The lowest BCUT2D eigenvalue weighted by atomic mass is 10.1. The van der Waals surface area contributed by atoms with Gasteiger partial charge in [-0.25, -0.2) is 0 Å². The molecule has 41 heavy (non-hydrogen) atoms. The SMILES string of the molecule is CC(C)CC(C)Nc1ccc(Nc2ccc(Nc3ccc(Nc4ccc(NC(C)CC(C)C)cc4)cc3)cc2)cc1. The van der Waals surface area contributed by atoms with E-state index in [1.54, 1.807) is 0 Å². The molecule has 0 aromatic heterocycles. The van der Waals surface area contributed by atoms with Crippen molar-refractivity contribution in [2.24, 2.45) is 11.8 Å². The second kappa shape index (κ2) is 14.5. The molecule has 0 spiro atoms. The predicted molar refractivity (Wildman–Crippen MR) is 181 cm³/mol. The van der Waals surface area contributed by atoms with Crippen molar-refractivity contribution in [3.63, 3.8) is 0 Å². The fourth-order valence-electron chi connectivity index (χ4n) is 5.17. The van der Waals surface area contributed by atoms with Gasteiger partial charge in [-0.15, -0.1) is 0 Å². The standard InChI is InChI=1S/C36H47N5/c1-25(2)23-27(5)37-29-7-11-31(12-8-29)39-33-15-19-35(20-16-33)41-36-21-17-34(18-22-36)40-32-13-9-30(10-14-32)38-28(6)24-26(3)4/h7-22,25-28,37-41H,23-24H2,1-6H3. The summed E-state index contributed by atoms with van der Waals surface area (Å²) in [7, 11) is 0. The van der Waals surface area contributed by atoms with E-state index in [2.05, 4.69) is 165 Å². The van der Waals surface area contributed by atoms with Gasteiger partial charge >= 0.3 is 0 Å². The molecule has 0 aliphatic rings. The van der Waals surface area contributed by atoms with Crippen molar-refractivity contribution < 1.29 is 0 Å². The van der Waals surface area contributed by atoms with Crippen molar-refractivity contribution in [3.05, 3.63) is 97.1 Å². The second-order valence-electron chi connectivity index (χ2n) is 12.0. The van der Waals surface area contributed by atoms with E-state index in [0.717, 1.165) is 58.3 Å². The van der Waals surface area contributed by atoms with Crippen molar-refractivity contribution in [1.29, 1.82) is 0 Å². The highest BCUT2D eigenvalue weighted by atomic mass is 14.9. The highest BCUT2D eigenvalue weighted by Crippen LogP contribution is 2.25. The molecule has 0 amide bonds. The van der Waals surface area contributed by atoms with Gasteiger partial charge in [-0.05, 0) is 136 Å². The van der Waals surface area contributed by atoms with E-state index in [9.17, 15) is 0 Å². The second-order valence-corrected chi connectivity index (χ2v) is 12.0. The molecule has 4 aromatic carbocycles. The van der Waals surface area contributed by atoms with E-state index in [4.69, 9.17) is 0 Å². The minimum absolute atomic E-state index is 0.463. The number of hydrogen-bond acceptors (Lipinski definition) is 5. The molecule has 4 rings (SSSR count). The van der Waals surface area contributed by atoms with Crippen molar-refractivity contribution >= 4 is 45.5 Å². The van der Waals surface area contributed by atoms with Gasteiger partial charge in [0, 0.05) is 57.6 Å². The van der Waals surface area contributed by atoms with Crippen LogP contribution in [0, 0.1) is 11.8 Å². The molecule has 2 atom stereocenters. The van der Waals surface area contributed by atoms with Crippen LogP contribution in [0.3, 0.4) is 0 Å². The highest BCUT2D eigenvalue weighted by Gasteiger charge is 2.06. The lowest BCUT2D eigenvalue weighted by molar-refractivity contribution is 0.539. The van der Waals surface area contributed by atoms with Crippen molar-refractivity contribution in [1.82, 2.24) is 0 Å². The first-order chi connectivity index (χ1) is 19.7. The average molecular weight is 550 g/mol. The Morgan fingerprint density at radius 3 is 0.732 bits per heavy atom. The van der Waals surface area contributed by atoms with Gasteiger partial charge in [-0.3, -0.25) is 0 Å². The van der Waals surface area contributed by atoms with E-state index in [-0.39, 0.29) is 0 Å². The summed E-state index contributed by atoms with van der Waals surface area (Å²) in [4.78, 5) is 0. The number of anilines is 8. The Balaban J connectivity index is 1.25. The predicted octanol–water partition coefficient (Wildman–Crippen LogP) is 10.6. The van der Waals surface area contributed by atoms with E-state index in [0.29, 0.717) is 23.9 Å². The molecular weight excluding hydrogens is 502 g/mol. The summed E-state index contributed by atoms with van der Waals surface area (Å²) < 4.78 is 0. The maximum atomic E-state index is 3.58. The number of nitrogens with one attached hydrogen (secondary N) is 5. The highest BCUT2D eigenvalue weighted by molar-refractivity contribution is 5.69. The number of benzene rings is 4. The molecule has 4 aromatic rings. The van der Waals surface area contributed by atoms with Gasteiger partial charge in [0.1, 0.15) is 0 Å². The molecule has 0 radical (unpaired) electrons. The molecule has 0 fully saturated rings. The van der Waals surface area contributed by atoms with Crippen molar-refractivity contribution in [2.45, 2.75) is 66.5 Å². The van der Waals surface area contributed by atoms with Crippen LogP contribution in [0.15, 0.2) is 97.1 Å². The van der Waals surface area contributed by atoms with Crippen LogP contribution >= 0.6 is 0 Å². The summed E-state index contributed by atoms with van der Waals surface area (Å²) in [5.74, 6) is 1.37. The van der Waals surface area contributed by atoms with E-state index >= 15 is 0 Å². The summed E-state index contributed by atoms with van der Waals surface area (Å²) in [6, 6.07) is 34.7.